The minimum atomic E-state index is 0.813. The molecular weight excluding hydrogens is 627 g/mol. The predicted octanol–water partition coefficient (Wildman–Crippen LogP) is 9.44. The third-order valence-electron chi connectivity index (χ3n) is 7.67. The highest BCUT2D eigenvalue weighted by atomic mass is 127. The molecule has 0 saturated heterocycles. The van der Waals surface area contributed by atoms with E-state index in [-0.39, 0.29) is 0 Å². The quantitative estimate of drug-likeness (QED) is 0.144. The number of nitrogens with two attached hydrogens (primary N) is 1. The van der Waals surface area contributed by atoms with Crippen molar-refractivity contribution >= 4 is 50.3 Å². The topological polar surface area (TPSA) is 56.7 Å². The van der Waals surface area contributed by atoms with E-state index in [4.69, 9.17) is 15.7 Å². The minimum Gasteiger partial charge on any atom is -0.405 e. The highest BCUT2D eigenvalue weighted by Gasteiger charge is 2.17. The van der Waals surface area contributed by atoms with Gasteiger partial charge in [-0.2, -0.15) is 0 Å². The van der Waals surface area contributed by atoms with Crippen molar-refractivity contribution in [1.29, 1.82) is 0 Å². The molecular formula is C37H27IN4. The summed E-state index contributed by atoms with van der Waals surface area (Å²) in [5, 5.41) is 3.65. The van der Waals surface area contributed by atoms with E-state index in [0.29, 0.717) is 0 Å². The van der Waals surface area contributed by atoms with Crippen LogP contribution in [0.2, 0.25) is 0 Å². The van der Waals surface area contributed by atoms with Crippen molar-refractivity contribution in [2.24, 2.45) is 5.73 Å². The fourth-order valence-corrected chi connectivity index (χ4v) is 6.60. The molecule has 0 radical (unpaired) electrons. The molecule has 5 heteroatoms. The first kappa shape index (κ1) is 26.2. The highest BCUT2D eigenvalue weighted by Crippen LogP contribution is 2.36. The maximum Gasteiger partial charge on any atom is 0.138 e. The molecule has 4 nitrogen and oxygen atoms in total. The fraction of sp³-hybridized carbons (Fsp3) is 0.0270. The van der Waals surface area contributed by atoms with Crippen LogP contribution in [0.15, 0.2) is 134 Å². The summed E-state index contributed by atoms with van der Waals surface area (Å²) in [6.07, 6.45) is 3.56. The van der Waals surface area contributed by atoms with Crippen LogP contribution in [0.5, 0.6) is 0 Å². The Bertz CT molecular complexity index is 2100. The normalized spacial score (nSPS) is 11.5. The maximum absolute atomic E-state index is 5.90. The summed E-state index contributed by atoms with van der Waals surface area (Å²) < 4.78 is 3.06. The van der Waals surface area contributed by atoms with Crippen molar-refractivity contribution in [3.05, 3.63) is 145 Å². The molecule has 7 aromatic rings. The second-order valence-corrected chi connectivity index (χ2v) is 10.8. The summed E-state index contributed by atoms with van der Waals surface area (Å²) in [6, 6.07) is 44.2. The van der Waals surface area contributed by atoms with E-state index in [0.717, 1.165) is 49.7 Å². The lowest BCUT2D eigenvalue weighted by molar-refractivity contribution is 1.02. The van der Waals surface area contributed by atoms with Gasteiger partial charge in [-0.05, 0) is 70.1 Å². The number of para-hydroxylation sites is 1. The zero-order valence-electron chi connectivity index (χ0n) is 22.8. The fourth-order valence-electron chi connectivity index (χ4n) is 5.80. The Morgan fingerprint density at radius 3 is 2.05 bits per heavy atom. The molecule has 7 rings (SSSR count). The standard InChI is InChI=1S/C37H27IN4/c38-24-31-30-15-5-6-20-35(30)42(36(31)22-23-39)37-21-9-19-34(41-37)33-18-8-17-32(40-33)29-14-4-3-13-28(29)27-16-7-11-25-10-1-2-12-26(25)27/h1-23H,24,39H2/b23-22-. The zero-order chi connectivity index (χ0) is 28.5. The van der Waals surface area contributed by atoms with Crippen molar-refractivity contribution < 1.29 is 0 Å². The Balaban J connectivity index is 1.35. The molecule has 3 heterocycles. The largest absolute Gasteiger partial charge is 0.405 e. The van der Waals surface area contributed by atoms with Crippen molar-refractivity contribution in [1.82, 2.24) is 14.5 Å². The van der Waals surface area contributed by atoms with E-state index in [1.54, 1.807) is 6.20 Å². The molecule has 0 aliphatic carbocycles. The van der Waals surface area contributed by atoms with Gasteiger partial charge in [-0.15, -0.1) is 0 Å². The lowest BCUT2D eigenvalue weighted by atomic mass is 9.93. The first-order valence-corrected chi connectivity index (χ1v) is 15.4. The number of rotatable bonds is 6. The lowest BCUT2D eigenvalue weighted by Crippen LogP contribution is -2.02. The van der Waals surface area contributed by atoms with Gasteiger partial charge in [0.05, 0.1) is 28.3 Å². The average molecular weight is 655 g/mol. The monoisotopic (exact) mass is 654 g/mol. The molecule has 0 spiro atoms. The average Bonchev–Trinajstić information content (AvgIpc) is 3.37. The molecule has 0 aliphatic heterocycles. The predicted molar refractivity (Wildman–Crippen MR) is 184 cm³/mol. The molecule has 42 heavy (non-hydrogen) atoms. The Hall–Kier alpha value is -4.75. The van der Waals surface area contributed by atoms with Crippen LogP contribution >= 0.6 is 22.6 Å². The van der Waals surface area contributed by atoms with Crippen LogP contribution in [0, 0.1) is 0 Å². The smallest absolute Gasteiger partial charge is 0.138 e. The van der Waals surface area contributed by atoms with Gasteiger partial charge >= 0.3 is 0 Å². The maximum atomic E-state index is 5.90. The van der Waals surface area contributed by atoms with Gasteiger partial charge in [0.2, 0.25) is 0 Å². The molecule has 4 aromatic carbocycles. The Labute approximate surface area is 258 Å². The minimum absolute atomic E-state index is 0.813. The molecule has 0 saturated carbocycles. The molecule has 0 aliphatic rings. The van der Waals surface area contributed by atoms with E-state index in [2.05, 4.69) is 130 Å². The number of hydrogen-bond donors (Lipinski definition) is 1. The van der Waals surface area contributed by atoms with E-state index in [1.165, 1.54) is 27.3 Å². The third-order valence-corrected chi connectivity index (χ3v) is 8.43. The Morgan fingerprint density at radius 2 is 1.21 bits per heavy atom. The Morgan fingerprint density at radius 1 is 0.595 bits per heavy atom. The molecule has 0 unspecified atom stereocenters. The number of nitrogens with zero attached hydrogens (tertiary/aromatic N) is 3. The van der Waals surface area contributed by atoms with Crippen LogP contribution in [-0.2, 0) is 4.43 Å². The summed E-state index contributed by atoms with van der Waals surface area (Å²) in [6.45, 7) is 0. The van der Waals surface area contributed by atoms with Gasteiger partial charge in [-0.25, -0.2) is 9.97 Å². The van der Waals surface area contributed by atoms with E-state index in [9.17, 15) is 0 Å². The SMILES string of the molecule is N/C=C\c1c(CI)c2ccccc2n1-c1cccc(-c2cccc(-c3ccccc3-c3cccc4ccccc34)n2)n1. The van der Waals surface area contributed by atoms with Gasteiger partial charge in [0.25, 0.3) is 0 Å². The Kier molecular flexibility index (Phi) is 7.01. The van der Waals surface area contributed by atoms with Gasteiger partial charge in [0.15, 0.2) is 0 Å². The van der Waals surface area contributed by atoms with Gasteiger partial charge in [-0.1, -0.05) is 120 Å². The molecule has 202 valence electrons. The number of pyridine rings is 2. The molecule has 3 aromatic heterocycles. The molecule has 0 amide bonds. The van der Waals surface area contributed by atoms with Crippen LogP contribution < -0.4 is 5.73 Å². The second-order valence-electron chi connectivity index (χ2n) is 10.1. The zero-order valence-corrected chi connectivity index (χ0v) is 24.9. The third kappa shape index (κ3) is 4.56. The van der Waals surface area contributed by atoms with Gasteiger partial charge in [-0.3, -0.25) is 4.57 Å². The number of benzene rings is 4. The second kappa shape index (κ2) is 11.3. The number of hydrogen-bond acceptors (Lipinski definition) is 3. The number of halogens is 1. The van der Waals surface area contributed by atoms with E-state index < -0.39 is 0 Å². The number of alkyl halides is 1. The number of aromatic nitrogens is 3. The van der Waals surface area contributed by atoms with Crippen molar-refractivity contribution in [3.8, 4) is 39.6 Å². The van der Waals surface area contributed by atoms with Crippen LogP contribution in [0.4, 0.5) is 0 Å². The van der Waals surface area contributed by atoms with Gasteiger partial charge < -0.3 is 5.73 Å². The van der Waals surface area contributed by atoms with Crippen LogP contribution in [0.25, 0.3) is 67.3 Å². The van der Waals surface area contributed by atoms with Crippen molar-refractivity contribution in [3.63, 3.8) is 0 Å². The summed E-state index contributed by atoms with van der Waals surface area (Å²) in [4.78, 5) is 10.3. The first-order chi connectivity index (χ1) is 20.8. The van der Waals surface area contributed by atoms with E-state index in [1.807, 2.05) is 30.3 Å². The molecule has 2 N–H and O–H groups in total. The van der Waals surface area contributed by atoms with Crippen molar-refractivity contribution in [2.75, 3.05) is 0 Å². The van der Waals surface area contributed by atoms with Gasteiger partial charge in [0.1, 0.15) is 5.82 Å². The lowest BCUT2D eigenvalue weighted by Gasteiger charge is -2.13. The summed E-state index contributed by atoms with van der Waals surface area (Å²) in [5.41, 5.74) is 15.3. The van der Waals surface area contributed by atoms with Crippen molar-refractivity contribution in [2.45, 2.75) is 4.43 Å². The van der Waals surface area contributed by atoms with Crippen LogP contribution in [0.3, 0.4) is 0 Å². The number of fused-ring (bicyclic) bond motifs is 2. The first-order valence-electron chi connectivity index (χ1n) is 13.9. The molecule has 0 bridgehead atoms. The summed E-state index contributed by atoms with van der Waals surface area (Å²) in [7, 11) is 0. The van der Waals surface area contributed by atoms with Crippen LogP contribution in [-0.4, -0.2) is 14.5 Å². The van der Waals surface area contributed by atoms with Gasteiger partial charge in [0, 0.05) is 15.4 Å². The molecule has 0 fully saturated rings. The summed E-state index contributed by atoms with van der Waals surface area (Å²) in [5.74, 6) is 0.830. The summed E-state index contributed by atoms with van der Waals surface area (Å²) >= 11 is 2.42. The molecule has 0 atom stereocenters. The van der Waals surface area contributed by atoms with E-state index >= 15 is 0 Å². The van der Waals surface area contributed by atoms with Crippen LogP contribution in [0.1, 0.15) is 11.3 Å². The highest BCUT2D eigenvalue weighted by molar-refractivity contribution is 14.1.